The Hall–Kier alpha value is -2.59. The van der Waals surface area contributed by atoms with E-state index in [1.807, 2.05) is 17.0 Å². The third-order valence-electron chi connectivity index (χ3n) is 5.26. The van der Waals surface area contributed by atoms with E-state index in [1.54, 1.807) is 13.1 Å². The highest BCUT2D eigenvalue weighted by atomic mass is 35.5. The van der Waals surface area contributed by atoms with Crippen molar-refractivity contribution in [1.29, 1.82) is 0 Å². The number of H-pyrrole nitrogens is 1. The molecule has 0 saturated carbocycles. The van der Waals surface area contributed by atoms with Gasteiger partial charge in [0.1, 0.15) is 0 Å². The lowest BCUT2D eigenvalue weighted by molar-refractivity contribution is -0.127. The fourth-order valence-corrected chi connectivity index (χ4v) is 4.01. The number of hydrogen-bond acceptors (Lipinski definition) is 2. The molecule has 4 nitrogen and oxygen atoms in total. The van der Waals surface area contributed by atoms with Crippen LogP contribution in [0.5, 0.6) is 0 Å². The van der Waals surface area contributed by atoms with Crippen LogP contribution in [-0.2, 0) is 4.79 Å². The van der Waals surface area contributed by atoms with Gasteiger partial charge in [-0.25, -0.2) is 0 Å². The summed E-state index contributed by atoms with van der Waals surface area (Å²) >= 11 is 6.46. The van der Waals surface area contributed by atoms with Crippen molar-refractivity contribution >= 4 is 34.7 Å². The molecule has 132 valence electrons. The maximum absolute atomic E-state index is 11.5. The van der Waals surface area contributed by atoms with Gasteiger partial charge < -0.3 is 9.88 Å². The van der Waals surface area contributed by atoms with E-state index in [9.17, 15) is 9.59 Å². The van der Waals surface area contributed by atoms with Crippen LogP contribution in [0, 0.1) is 0 Å². The summed E-state index contributed by atoms with van der Waals surface area (Å²) in [6.45, 7) is 3.23. The van der Waals surface area contributed by atoms with Crippen LogP contribution in [0.3, 0.4) is 0 Å². The molecule has 1 atom stereocenters. The second-order valence-electron chi connectivity index (χ2n) is 6.81. The van der Waals surface area contributed by atoms with Crippen molar-refractivity contribution in [3.63, 3.8) is 0 Å². The number of hydrogen-bond donors (Lipinski definition) is 1. The summed E-state index contributed by atoms with van der Waals surface area (Å²) < 4.78 is 0. The van der Waals surface area contributed by atoms with E-state index in [1.165, 1.54) is 5.56 Å². The molecule has 0 bridgehead atoms. The Morgan fingerprint density at radius 1 is 1.27 bits per heavy atom. The summed E-state index contributed by atoms with van der Waals surface area (Å²) in [6, 6.07) is 12.2. The number of nitrogens with one attached hydrogen (secondary N) is 1. The van der Waals surface area contributed by atoms with Crippen LogP contribution in [0.4, 0.5) is 0 Å². The second kappa shape index (κ2) is 6.61. The minimum Gasteiger partial charge on any atom is -0.360 e. The lowest BCUT2D eigenvalue weighted by Crippen LogP contribution is -2.25. The van der Waals surface area contributed by atoms with E-state index in [0.29, 0.717) is 16.5 Å². The van der Waals surface area contributed by atoms with E-state index in [4.69, 9.17) is 11.6 Å². The van der Waals surface area contributed by atoms with Gasteiger partial charge in [-0.05, 0) is 29.7 Å². The maximum Gasteiger partial charge on any atom is 0.219 e. The van der Waals surface area contributed by atoms with Crippen molar-refractivity contribution < 1.29 is 9.59 Å². The van der Waals surface area contributed by atoms with Crippen LogP contribution in [-0.4, -0.2) is 35.2 Å². The molecule has 0 aliphatic carbocycles. The first kappa shape index (κ1) is 16.9. The Kier molecular flexibility index (Phi) is 4.29. The molecule has 1 aromatic heterocycles. The first-order valence-corrected chi connectivity index (χ1v) is 9.06. The zero-order valence-electron chi connectivity index (χ0n) is 14.5. The number of aromatic nitrogens is 1. The average molecular weight is 367 g/mol. The number of carbonyl (C=O) groups is 2. The fourth-order valence-electron chi connectivity index (χ4n) is 3.74. The monoisotopic (exact) mass is 366 g/mol. The molecule has 4 rings (SSSR count). The summed E-state index contributed by atoms with van der Waals surface area (Å²) in [5.74, 6) is 0.527. The SMILES string of the molecule is CC(=O)N1CC[C@@H](c2ccc(-c3cc4c(C=O)c[nH]c4cc3Cl)cc2)C1. The third-order valence-corrected chi connectivity index (χ3v) is 5.57. The van der Waals surface area contributed by atoms with E-state index in [-0.39, 0.29) is 5.91 Å². The van der Waals surface area contributed by atoms with Crippen molar-refractivity contribution in [2.24, 2.45) is 0 Å². The van der Waals surface area contributed by atoms with Gasteiger partial charge in [0.15, 0.2) is 6.29 Å². The zero-order valence-corrected chi connectivity index (χ0v) is 15.2. The molecule has 1 amide bonds. The van der Waals surface area contributed by atoms with Crippen molar-refractivity contribution in [2.45, 2.75) is 19.3 Å². The predicted octanol–water partition coefficient (Wildman–Crippen LogP) is 4.64. The van der Waals surface area contributed by atoms with Gasteiger partial charge in [0, 0.05) is 54.2 Å². The zero-order chi connectivity index (χ0) is 18.3. The molecule has 1 aliphatic rings. The molecule has 0 unspecified atom stereocenters. The minimum absolute atomic E-state index is 0.140. The summed E-state index contributed by atoms with van der Waals surface area (Å²) in [6.07, 6.45) is 3.54. The molecule has 26 heavy (non-hydrogen) atoms. The van der Waals surface area contributed by atoms with Gasteiger partial charge in [0.2, 0.25) is 5.91 Å². The first-order valence-electron chi connectivity index (χ1n) is 8.68. The largest absolute Gasteiger partial charge is 0.360 e. The summed E-state index contributed by atoms with van der Waals surface area (Å²) in [5.41, 5.74) is 4.65. The van der Waals surface area contributed by atoms with Crippen LogP contribution in [0.1, 0.15) is 35.2 Å². The van der Waals surface area contributed by atoms with Gasteiger partial charge in [-0.1, -0.05) is 35.9 Å². The van der Waals surface area contributed by atoms with Gasteiger partial charge in [-0.15, -0.1) is 0 Å². The molecule has 2 aromatic carbocycles. The number of aromatic amines is 1. The summed E-state index contributed by atoms with van der Waals surface area (Å²) in [5, 5.41) is 1.52. The Bertz CT molecular complexity index is 991. The van der Waals surface area contributed by atoms with Gasteiger partial charge in [0.25, 0.3) is 0 Å². The van der Waals surface area contributed by atoms with Gasteiger partial charge in [0.05, 0.1) is 5.02 Å². The molecule has 3 aromatic rings. The molecule has 2 heterocycles. The topological polar surface area (TPSA) is 53.2 Å². The van der Waals surface area contributed by atoms with Crippen LogP contribution in [0.2, 0.25) is 5.02 Å². The van der Waals surface area contributed by atoms with E-state index < -0.39 is 0 Å². The van der Waals surface area contributed by atoms with Crippen LogP contribution in [0.25, 0.3) is 22.0 Å². The standard InChI is InChI=1S/C21H19ClN2O2/c1-13(26)24-7-6-16(11-24)14-2-4-15(5-3-14)18-8-19-17(12-25)10-23-21(19)9-20(18)22/h2-5,8-10,12,16,23H,6-7,11H2,1H3/t16-/m1/s1. The normalized spacial score (nSPS) is 17.0. The maximum atomic E-state index is 11.5. The number of benzene rings is 2. The quantitative estimate of drug-likeness (QED) is 0.687. The van der Waals surface area contributed by atoms with Crippen LogP contribution >= 0.6 is 11.6 Å². The number of halogens is 1. The molecular formula is C21H19ClN2O2. The number of aldehydes is 1. The Labute approximate surface area is 156 Å². The van der Waals surface area contributed by atoms with Crippen molar-refractivity contribution in [2.75, 3.05) is 13.1 Å². The Morgan fingerprint density at radius 3 is 2.69 bits per heavy atom. The highest BCUT2D eigenvalue weighted by Crippen LogP contribution is 2.34. The number of carbonyl (C=O) groups excluding carboxylic acids is 2. The van der Waals surface area contributed by atoms with Crippen molar-refractivity contribution in [3.8, 4) is 11.1 Å². The summed E-state index contributed by atoms with van der Waals surface area (Å²) in [4.78, 5) is 27.7. The van der Waals surface area contributed by atoms with Crippen LogP contribution in [0.15, 0.2) is 42.6 Å². The molecule has 0 radical (unpaired) electrons. The molecule has 0 spiro atoms. The Morgan fingerprint density at radius 2 is 2.04 bits per heavy atom. The lowest BCUT2D eigenvalue weighted by atomic mass is 9.95. The molecule has 1 aliphatic heterocycles. The number of fused-ring (bicyclic) bond motifs is 1. The fraction of sp³-hybridized carbons (Fsp3) is 0.238. The molecule has 1 N–H and O–H groups in total. The van der Waals surface area contributed by atoms with Gasteiger partial charge in [-0.2, -0.15) is 0 Å². The minimum atomic E-state index is 0.140. The van der Waals surface area contributed by atoms with E-state index in [0.717, 1.165) is 47.8 Å². The summed E-state index contributed by atoms with van der Waals surface area (Å²) in [7, 11) is 0. The van der Waals surface area contributed by atoms with Gasteiger partial charge >= 0.3 is 0 Å². The van der Waals surface area contributed by atoms with E-state index in [2.05, 4.69) is 29.2 Å². The highest BCUT2D eigenvalue weighted by molar-refractivity contribution is 6.34. The smallest absolute Gasteiger partial charge is 0.219 e. The highest BCUT2D eigenvalue weighted by Gasteiger charge is 2.25. The third kappa shape index (κ3) is 2.90. The molecular weight excluding hydrogens is 348 g/mol. The number of rotatable bonds is 3. The first-order chi connectivity index (χ1) is 12.6. The average Bonchev–Trinajstić information content (AvgIpc) is 3.28. The molecule has 5 heteroatoms. The Balaban J connectivity index is 1.65. The molecule has 1 saturated heterocycles. The number of nitrogens with zero attached hydrogens (tertiary/aromatic N) is 1. The van der Waals surface area contributed by atoms with Crippen LogP contribution < -0.4 is 0 Å². The van der Waals surface area contributed by atoms with Crippen molar-refractivity contribution in [1.82, 2.24) is 9.88 Å². The van der Waals surface area contributed by atoms with E-state index >= 15 is 0 Å². The molecule has 1 fully saturated rings. The predicted molar refractivity (Wildman–Crippen MR) is 104 cm³/mol. The lowest BCUT2D eigenvalue weighted by Gasteiger charge is -2.14. The number of amides is 1. The van der Waals surface area contributed by atoms with Crippen molar-refractivity contribution in [3.05, 3.63) is 58.7 Å². The number of likely N-dealkylation sites (tertiary alicyclic amines) is 1. The van der Waals surface area contributed by atoms with Gasteiger partial charge in [-0.3, -0.25) is 9.59 Å². The second-order valence-corrected chi connectivity index (χ2v) is 7.22.